The number of carbonyl (C=O) groups excluding carboxylic acids is 1. The predicted octanol–water partition coefficient (Wildman–Crippen LogP) is 0.672. The van der Waals surface area contributed by atoms with Crippen LogP contribution in [-0.2, 0) is 0 Å². The second-order valence-electron chi connectivity index (χ2n) is 2.34. The third-order valence-electron chi connectivity index (χ3n) is 1.56. The fourth-order valence-electron chi connectivity index (χ4n) is 0.909. The van der Waals surface area contributed by atoms with Crippen molar-refractivity contribution in [2.45, 2.75) is 0 Å². The van der Waals surface area contributed by atoms with Crippen LogP contribution in [0.25, 0.3) is 0 Å². The highest BCUT2D eigenvalue weighted by Crippen LogP contribution is 2.25. The van der Waals surface area contributed by atoms with Crippen LogP contribution in [0.4, 0.5) is 11.4 Å². The number of ether oxygens (including phenoxy) is 1. The van der Waals surface area contributed by atoms with E-state index >= 15 is 0 Å². The Morgan fingerprint density at radius 3 is 2.50 bits per heavy atom. The lowest BCUT2D eigenvalue weighted by Crippen LogP contribution is -1.98. The van der Waals surface area contributed by atoms with E-state index in [4.69, 9.17) is 16.2 Å². The summed E-state index contributed by atoms with van der Waals surface area (Å²) >= 11 is 0. The zero-order chi connectivity index (χ0) is 9.14. The van der Waals surface area contributed by atoms with Crippen molar-refractivity contribution in [2.24, 2.45) is 0 Å². The highest BCUT2D eigenvalue weighted by atomic mass is 16.5. The Labute approximate surface area is 70.1 Å². The molecule has 0 saturated heterocycles. The maximum atomic E-state index is 10.4. The molecule has 0 aliphatic rings. The van der Waals surface area contributed by atoms with Crippen molar-refractivity contribution in [3.05, 3.63) is 17.7 Å². The Morgan fingerprint density at radius 2 is 2.00 bits per heavy atom. The third kappa shape index (κ3) is 1.32. The molecule has 0 amide bonds. The second kappa shape index (κ2) is 3.13. The number of hydrogen-bond donors (Lipinski definition) is 2. The number of anilines is 2. The normalized spacial score (nSPS) is 9.42. The molecule has 0 fully saturated rings. The van der Waals surface area contributed by atoms with E-state index < -0.39 is 0 Å². The van der Waals surface area contributed by atoms with Crippen molar-refractivity contribution in [1.82, 2.24) is 0 Å². The van der Waals surface area contributed by atoms with Gasteiger partial charge in [0.1, 0.15) is 5.75 Å². The molecule has 0 bridgehead atoms. The number of aldehydes is 1. The average Bonchev–Trinajstić information content (AvgIpc) is 2.05. The number of nitrogens with two attached hydrogens (primary N) is 2. The fourth-order valence-corrected chi connectivity index (χ4v) is 0.909. The SMILES string of the molecule is COc1cc(C=O)c(N)cc1N. The van der Waals surface area contributed by atoms with Gasteiger partial charge in [-0.3, -0.25) is 4.79 Å². The highest BCUT2D eigenvalue weighted by Gasteiger charge is 2.04. The van der Waals surface area contributed by atoms with Crippen LogP contribution in [0.15, 0.2) is 12.1 Å². The molecule has 0 saturated carbocycles. The molecule has 64 valence electrons. The first kappa shape index (κ1) is 8.39. The van der Waals surface area contributed by atoms with E-state index in [0.717, 1.165) is 0 Å². The highest BCUT2D eigenvalue weighted by molar-refractivity contribution is 5.86. The smallest absolute Gasteiger partial charge is 0.152 e. The molecule has 1 rings (SSSR count). The Kier molecular flexibility index (Phi) is 2.19. The third-order valence-corrected chi connectivity index (χ3v) is 1.56. The van der Waals surface area contributed by atoms with E-state index in [0.29, 0.717) is 29.0 Å². The largest absolute Gasteiger partial charge is 0.495 e. The number of methoxy groups -OCH3 is 1. The van der Waals surface area contributed by atoms with Gasteiger partial charge in [0.05, 0.1) is 12.8 Å². The molecule has 4 heteroatoms. The summed E-state index contributed by atoms with van der Waals surface area (Å²) in [6, 6.07) is 3.01. The Balaban J connectivity index is 3.26. The molecular formula is C8H10N2O2. The maximum Gasteiger partial charge on any atom is 0.152 e. The molecule has 0 atom stereocenters. The van der Waals surface area contributed by atoms with Gasteiger partial charge in [-0.1, -0.05) is 0 Å². The van der Waals surface area contributed by atoms with Crippen molar-refractivity contribution >= 4 is 17.7 Å². The number of carbonyl (C=O) groups is 1. The van der Waals surface area contributed by atoms with Gasteiger partial charge in [-0.05, 0) is 12.1 Å². The molecule has 1 aromatic rings. The lowest BCUT2D eigenvalue weighted by atomic mass is 10.1. The Hall–Kier alpha value is -1.71. The summed E-state index contributed by atoms with van der Waals surface area (Å²) in [6.07, 6.45) is 0.664. The van der Waals surface area contributed by atoms with Crippen LogP contribution < -0.4 is 16.2 Å². The van der Waals surface area contributed by atoms with E-state index in [1.165, 1.54) is 19.2 Å². The van der Waals surface area contributed by atoms with Crippen molar-refractivity contribution in [1.29, 1.82) is 0 Å². The molecule has 0 spiro atoms. The molecule has 0 aliphatic heterocycles. The van der Waals surface area contributed by atoms with E-state index in [2.05, 4.69) is 0 Å². The summed E-state index contributed by atoms with van der Waals surface area (Å²) in [4.78, 5) is 10.4. The van der Waals surface area contributed by atoms with Crippen LogP contribution in [-0.4, -0.2) is 13.4 Å². The van der Waals surface area contributed by atoms with Crippen LogP contribution in [0.2, 0.25) is 0 Å². The van der Waals surface area contributed by atoms with Crippen LogP contribution >= 0.6 is 0 Å². The van der Waals surface area contributed by atoms with Gasteiger partial charge in [0, 0.05) is 11.3 Å². The Bertz CT molecular complexity index is 310. The molecule has 0 aliphatic carbocycles. The predicted molar refractivity (Wildman–Crippen MR) is 47.2 cm³/mol. The molecule has 12 heavy (non-hydrogen) atoms. The molecule has 1 aromatic carbocycles. The number of benzene rings is 1. The van der Waals surface area contributed by atoms with Crippen molar-refractivity contribution in [3.63, 3.8) is 0 Å². The first-order valence-corrected chi connectivity index (χ1v) is 3.37. The van der Waals surface area contributed by atoms with E-state index in [1.807, 2.05) is 0 Å². The molecule has 0 radical (unpaired) electrons. The minimum Gasteiger partial charge on any atom is -0.495 e. The summed E-state index contributed by atoms with van der Waals surface area (Å²) in [6.45, 7) is 0. The minimum absolute atomic E-state index is 0.364. The summed E-state index contributed by atoms with van der Waals surface area (Å²) in [7, 11) is 1.48. The first-order chi connectivity index (χ1) is 5.69. The summed E-state index contributed by atoms with van der Waals surface area (Å²) < 4.78 is 4.90. The Morgan fingerprint density at radius 1 is 1.33 bits per heavy atom. The fraction of sp³-hybridized carbons (Fsp3) is 0.125. The molecular weight excluding hydrogens is 156 g/mol. The van der Waals surface area contributed by atoms with Gasteiger partial charge < -0.3 is 16.2 Å². The average molecular weight is 166 g/mol. The second-order valence-corrected chi connectivity index (χ2v) is 2.34. The van der Waals surface area contributed by atoms with Gasteiger partial charge in [0.25, 0.3) is 0 Å². The summed E-state index contributed by atoms with van der Waals surface area (Å²) in [5.41, 5.74) is 12.2. The lowest BCUT2D eigenvalue weighted by molar-refractivity contribution is 0.112. The molecule has 4 nitrogen and oxygen atoms in total. The van der Waals surface area contributed by atoms with Crippen LogP contribution in [0, 0.1) is 0 Å². The van der Waals surface area contributed by atoms with E-state index in [-0.39, 0.29) is 0 Å². The lowest BCUT2D eigenvalue weighted by Gasteiger charge is -2.06. The van der Waals surface area contributed by atoms with Gasteiger partial charge >= 0.3 is 0 Å². The quantitative estimate of drug-likeness (QED) is 0.500. The first-order valence-electron chi connectivity index (χ1n) is 3.37. The van der Waals surface area contributed by atoms with Gasteiger partial charge in [-0.15, -0.1) is 0 Å². The number of hydrogen-bond acceptors (Lipinski definition) is 4. The zero-order valence-electron chi connectivity index (χ0n) is 6.70. The van der Waals surface area contributed by atoms with Crippen LogP contribution in [0.1, 0.15) is 10.4 Å². The topological polar surface area (TPSA) is 78.3 Å². The minimum atomic E-state index is 0.364. The summed E-state index contributed by atoms with van der Waals surface area (Å²) in [5, 5.41) is 0. The van der Waals surface area contributed by atoms with Crippen molar-refractivity contribution in [2.75, 3.05) is 18.6 Å². The molecule has 4 N–H and O–H groups in total. The zero-order valence-corrected chi connectivity index (χ0v) is 6.70. The molecule has 0 heterocycles. The number of nitrogen functional groups attached to an aromatic ring is 2. The van der Waals surface area contributed by atoms with Gasteiger partial charge in [-0.2, -0.15) is 0 Å². The van der Waals surface area contributed by atoms with Gasteiger partial charge in [0.15, 0.2) is 6.29 Å². The van der Waals surface area contributed by atoms with E-state index in [1.54, 1.807) is 0 Å². The monoisotopic (exact) mass is 166 g/mol. The standard InChI is InChI=1S/C8H10N2O2/c1-12-8-2-5(4-11)6(9)3-7(8)10/h2-4H,9-10H2,1H3. The van der Waals surface area contributed by atoms with Crippen LogP contribution in [0.5, 0.6) is 5.75 Å². The van der Waals surface area contributed by atoms with Crippen molar-refractivity contribution < 1.29 is 9.53 Å². The summed E-state index contributed by atoms with van der Waals surface area (Å²) in [5.74, 6) is 0.464. The van der Waals surface area contributed by atoms with Gasteiger partial charge in [-0.25, -0.2) is 0 Å². The number of rotatable bonds is 2. The van der Waals surface area contributed by atoms with Crippen molar-refractivity contribution in [3.8, 4) is 5.75 Å². The van der Waals surface area contributed by atoms with Gasteiger partial charge in [0.2, 0.25) is 0 Å². The van der Waals surface area contributed by atoms with Crippen LogP contribution in [0.3, 0.4) is 0 Å². The molecule has 0 unspecified atom stereocenters. The molecule has 0 aromatic heterocycles. The van der Waals surface area contributed by atoms with E-state index in [9.17, 15) is 4.79 Å². The maximum absolute atomic E-state index is 10.4.